The van der Waals surface area contributed by atoms with Crippen LogP contribution in [0, 0.1) is 0 Å². The SMILES string of the molecule is FC(F)=C(F)CCOC1CCCCC1. The zero-order valence-electron chi connectivity index (χ0n) is 8.07. The van der Waals surface area contributed by atoms with Gasteiger partial charge in [-0.05, 0) is 12.8 Å². The summed E-state index contributed by atoms with van der Waals surface area (Å²) in [5, 5.41) is 0. The van der Waals surface area contributed by atoms with Crippen LogP contribution in [0.25, 0.3) is 0 Å². The fourth-order valence-electron chi connectivity index (χ4n) is 1.64. The lowest BCUT2D eigenvalue weighted by Crippen LogP contribution is -2.17. The van der Waals surface area contributed by atoms with E-state index < -0.39 is 11.9 Å². The molecule has 1 nitrogen and oxygen atoms in total. The average Bonchev–Trinajstić information content (AvgIpc) is 2.19. The van der Waals surface area contributed by atoms with Gasteiger partial charge in [0.1, 0.15) is 0 Å². The minimum Gasteiger partial charge on any atom is -0.378 e. The van der Waals surface area contributed by atoms with Crippen molar-refractivity contribution in [3.8, 4) is 0 Å². The minimum atomic E-state index is -2.22. The van der Waals surface area contributed by atoms with Crippen LogP contribution in [0.15, 0.2) is 11.9 Å². The molecular weight excluding hydrogens is 193 g/mol. The van der Waals surface area contributed by atoms with Crippen LogP contribution in [-0.2, 0) is 4.74 Å². The smallest absolute Gasteiger partial charge is 0.301 e. The molecule has 0 atom stereocenters. The second-order valence-electron chi connectivity index (χ2n) is 3.55. The normalized spacial score (nSPS) is 18.2. The maximum absolute atomic E-state index is 12.3. The summed E-state index contributed by atoms with van der Waals surface area (Å²) in [5.41, 5.74) is 0. The maximum atomic E-state index is 12.3. The van der Waals surface area contributed by atoms with Gasteiger partial charge in [0.15, 0.2) is 5.83 Å². The van der Waals surface area contributed by atoms with Gasteiger partial charge in [0.2, 0.25) is 0 Å². The summed E-state index contributed by atoms with van der Waals surface area (Å²) >= 11 is 0. The van der Waals surface area contributed by atoms with Crippen molar-refractivity contribution in [1.82, 2.24) is 0 Å². The van der Waals surface area contributed by atoms with E-state index in [2.05, 4.69) is 0 Å². The molecule has 0 bridgehead atoms. The first-order chi connectivity index (χ1) is 6.70. The Labute approximate surface area is 81.9 Å². The van der Waals surface area contributed by atoms with Crippen molar-refractivity contribution in [1.29, 1.82) is 0 Å². The van der Waals surface area contributed by atoms with Crippen LogP contribution in [0.5, 0.6) is 0 Å². The molecule has 0 radical (unpaired) electrons. The van der Waals surface area contributed by atoms with Gasteiger partial charge in [0.05, 0.1) is 12.7 Å². The summed E-state index contributed by atoms with van der Waals surface area (Å²) in [4.78, 5) is 0. The predicted octanol–water partition coefficient (Wildman–Crippen LogP) is 3.80. The highest BCUT2D eigenvalue weighted by atomic mass is 19.3. The fraction of sp³-hybridized carbons (Fsp3) is 0.800. The van der Waals surface area contributed by atoms with Crippen LogP contribution in [0.1, 0.15) is 38.5 Å². The molecule has 1 rings (SSSR count). The molecule has 0 amide bonds. The van der Waals surface area contributed by atoms with Gasteiger partial charge in [0, 0.05) is 6.42 Å². The topological polar surface area (TPSA) is 9.23 Å². The molecule has 0 heterocycles. The summed E-state index contributed by atoms with van der Waals surface area (Å²) in [6.07, 6.45) is 3.04. The quantitative estimate of drug-likeness (QED) is 0.682. The predicted molar refractivity (Wildman–Crippen MR) is 47.8 cm³/mol. The van der Waals surface area contributed by atoms with Gasteiger partial charge in [0.25, 0.3) is 0 Å². The zero-order chi connectivity index (χ0) is 10.4. The van der Waals surface area contributed by atoms with Crippen LogP contribution in [0.3, 0.4) is 0 Å². The zero-order valence-corrected chi connectivity index (χ0v) is 8.07. The number of rotatable bonds is 4. The van der Waals surface area contributed by atoms with Gasteiger partial charge in [-0.15, -0.1) is 0 Å². The van der Waals surface area contributed by atoms with Crippen molar-refractivity contribution in [3.05, 3.63) is 11.9 Å². The van der Waals surface area contributed by atoms with Gasteiger partial charge in [-0.3, -0.25) is 0 Å². The van der Waals surface area contributed by atoms with E-state index >= 15 is 0 Å². The Morgan fingerprint density at radius 3 is 2.29 bits per heavy atom. The molecule has 0 N–H and O–H groups in total. The molecule has 1 saturated carbocycles. The Morgan fingerprint density at radius 2 is 1.71 bits per heavy atom. The van der Waals surface area contributed by atoms with Crippen LogP contribution >= 0.6 is 0 Å². The second-order valence-corrected chi connectivity index (χ2v) is 3.55. The van der Waals surface area contributed by atoms with Crippen LogP contribution in [-0.4, -0.2) is 12.7 Å². The van der Waals surface area contributed by atoms with Crippen molar-refractivity contribution in [2.45, 2.75) is 44.6 Å². The van der Waals surface area contributed by atoms with Crippen molar-refractivity contribution in [2.24, 2.45) is 0 Å². The van der Waals surface area contributed by atoms with Gasteiger partial charge in [-0.2, -0.15) is 8.78 Å². The lowest BCUT2D eigenvalue weighted by molar-refractivity contribution is 0.0279. The molecule has 0 aliphatic heterocycles. The summed E-state index contributed by atoms with van der Waals surface area (Å²) in [6, 6.07) is 0. The van der Waals surface area contributed by atoms with Crippen LogP contribution in [0.2, 0.25) is 0 Å². The molecule has 0 aromatic carbocycles. The summed E-state index contributed by atoms with van der Waals surface area (Å²) in [5.74, 6) is -1.35. The molecule has 0 unspecified atom stereocenters. The minimum absolute atomic E-state index is 0.0633. The van der Waals surface area contributed by atoms with E-state index in [9.17, 15) is 13.2 Å². The van der Waals surface area contributed by atoms with Gasteiger partial charge in [-0.1, -0.05) is 19.3 Å². The van der Waals surface area contributed by atoms with Crippen molar-refractivity contribution in [2.75, 3.05) is 6.61 Å². The Kier molecular flexibility index (Phi) is 5.01. The third-order valence-corrected chi connectivity index (χ3v) is 2.43. The first kappa shape index (κ1) is 11.6. The first-order valence-corrected chi connectivity index (χ1v) is 5.01. The Balaban J connectivity index is 2.11. The molecule has 1 aliphatic carbocycles. The van der Waals surface area contributed by atoms with E-state index in [1.54, 1.807) is 0 Å². The lowest BCUT2D eigenvalue weighted by Gasteiger charge is -2.21. The van der Waals surface area contributed by atoms with Crippen LogP contribution in [0.4, 0.5) is 13.2 Å². The summed E-state index contributed by atoms with van der Waals surface area (Å²) in [7, 11) is 0. The van der Waals surface area contributed by atoms with Crippen molar-refractivity contribution in [3.63, 3.8) is 0 Å². The third kappa shape index (κ3) is 4.13. The number of hydrogen-bond donors (Lipinski definition) is 0. The van der Waals surface area contributed by atoms with E-state index in [1.807, 2.05) is 0 Å². The molecule has 0 aromatic rings. The highest BCUT2D eigenvalue weighted by Gasteiger charge is 2.14. The van der Waals surface area contributed by atoms with Gasteiger partial charge in [-0.25, -0.2) is 4.39 Å². The van der Waals surface area contributed by atoms with Crippen molar-refractivity contribution < 1.29 is 17.9 Å². The Hall–Kier alpha value is -0.510. The largest absolute Gasteiger partial charge is 0.378 e. The molecule has 0 saturated heterocycles. The first-order valence-electron chi connectivity index (χ1n) is 5.01. The summed E-state index contributed by atoms with van der Waals surface area (Å²) < 4.78 is 40.9. The van der Waals surface area contributed by atoms with Gasteiger partial charge < -0.3 is 4.74 Å². The fourth-order valence-corrected chi connectivity index (χ4v) is 1.64. The molecule has 0 aromatic heterocycles. The Bertz CT molecular complexity index is 194. The maximum Gasteiger partial charge on any atom is 0.301 e. The summed E-state index contributed by atoms with van der Waals surface area (Å²) in [6.45, 7) is 0.0633. The molecule has 1 aliphatic rings. The number of hydrogen-bond acceptors (Lipinski definition) is 1. The molecular formula is C10H15F3O. The number of ether oxygens (including phenoxy) is 1. The Morgan fingerprint density at radius 1 is 1.07 bits per heavy atom. The average molecular weight is 208 g/mol. The van der Waals surface area contributed by atoms with Crippen LogP contribution < -0.4 is 0 Å². The van der Waals surface area contributed by atoms with E-state index in [0.29, 0.717) is 0 Å². The van der Waals surface area contributed by atoms with Gasteiger partial charge >= 0.3 is 6.08 Å². The molecule has 4 heteroatoms. The molecule has 82 valence electrons. The second kappa shape index (κ2) is 6.06. The number of halogens is 3. The third-order valence-electron chi connectivity index (χ3n) is 2.43. The standard InChI is InChI=1S/C10H15F3O/c11-9(10(12)13)6-7-14-8-4-2-1-3-5-8/h8H,1-7H2. The van der Waals surface area contributed by atoms with E-state index in [1.165, 1.54) is 6.42 Å². The molecule has 14 heavy (non-hydrogen) atoms. The van der Waals surface area contributed by atoms with Crippen molar-refractivity contribution >= 4 is 0 Å². The highest BCUT2D eigenvalue weighted by Crippen LogP contribution is 2.21. The monoisotopic (exact) mass is 208 g/mol. The highest BCUT2D eigenvalue weighted by molar-refractivity contribution is 4.90. The molecule has 1 fully saturated rings. The van der Waals surface area contributed by atoms with E-state index in [4.69, 9.17) is 4.74 Å². The molecule has 0 spiro atoms. The van der Waals surface area contributed by atoms with E-state index in [-0.39, 0.29) is 19.1 Å². The lowest BCUT2D eigenvalue weighted by atomic mass is 9.98. The van der Waals surface area contributed by atoms with E-state index in [0.717, 1.165) is 25.7 Å².